The van der Waals surface area contributed by atoms with Gasteiger partial charge in [0.05, 0.1) is 5.71 Å². The van der Waals surface area contributed by atoms with Crippen LogP contribution in [0.25, 0.3) is 0 Å². The predicted molar refractivity (Wildman–Crippen MR) is 61.5 cm³/mol. The minimum absolute atomic E-state index is 0.198. The number of hydrogen-bond acceptors (Lipinski definition) is 3. The lowest BCUT2D eigenvalue weighted by Crippen LogP contribution is -2.45. The molecule has 1 heterocycles. The first-order valence-corrected chi connectivity index (χ1v) is 6.22. The zero-order valence-corrected chi connectivity index (χ0v) is 9.85. The highest BCUT2D eigenvalue weighted by molar-refractivity contribution is 5.89. The maximum atomic E-state index is 12.2. The zero-order chi connectivity index (χ0) is 11.5. The molecule has 90 valence electrons. The van der Waals surface area contributed by atoms with E-state index in [0.717, 1.165) is 31.5 Å². The first-order valence-electron chi connectivity index (χ1n) is 6.22. The van der Waals surface area contributed by atoms with Crippen LogP contribution in [0.1, 0.15) is 39.0 Å². The number of likely N-dealkylation sites (tertiary alicyclic amines) is 1. The number of carbonyl (C=O) groups is 1. The molecule has 4 heteroatoms. The fourth-order valence-electron chi connectivity index (χ4n) is 2.80. The monoisotopic (exact) mass is 224 g/mol. The molecule has 0 spiro atoms. The van der Waals surface area contributed by atoms with Crippen molar-refractivity contribution in [2.75, 3.05) is 13.1 Å². The molecule has 1 saturated heterocycles. The normalized spacial score (nSPS) is 29.9. The van der Waals surface area contributed by atoms with E-state index in [1.807, 2.05) is 11.8 Å². The lowest BCUT2D eigenvalue weighted by Gasteiger charge is -2.33. The molecule has 0 bridgehead atoms. The van der Waals surface area contributed by atoms with Gasteiger partial charge in [-0.15, -0.1) is 0 Å². The molecular weight excluding hydrogens is 204 g/mol. The van der Waals surface area contributed by atoms with Crippen molar-refractivity contribution in [3.63, 3.8) is 0 Å². The Bertz CT molecular complexity index is 295. The third kappa shape index (κ3) is 2.20. The van der Waals surface area contributed by atoms with Crippen LogP contribution in [0.2, 0.25) is 0 Å². The van der Waals surface area contributed by atoms with Crippen LogP contribution in [-0.4, -0.2) is 34.8 Å². The quantitative estimate of drug-likeness (QED) is 0.546. The van der Waals surface area contributed by atoms with Crippen LogP contribution in [0.3, 0.4) is 0 Å². The molecule has 1 atom stereocenters. The molecule has 0 aromatic carbocycles. The molecule has 1 aliphatic heterocycles. The van der Waals surface area contributed by atoms with Gasteiger partial charge < -0.3 is 10.1 Å². The largest absolute Gasteiger partial charge is 0.411 e. The Balaban J connectivity index is 1.94. The second-order valence-electron chi connectivity index (χ2n) is 5.01. The highest BCUT2D eigenvalue weighted by atomic mass is 16.4. The molecule has 1 amide bonds. The van der Waals surface area contributed by atoms with Gasteiger partial charge >= 0.3 is 0 Å². The van der Waals surface area contributed by atoms with Crippen molar-refractivity contribution in [3.05, 3.63) is 0 Å². The van der Waals surface area contributed by atoms with Crippen molar-refractivity contribution < 1.29 is 10.0 Å². The standard InChI is InChI=1S/C12H20N2O2/c1-9-8-14(7-6-11(9)13-16)12(15)10-4-2-3-5-10/h9-10,16H,2-8H2,1H3. The minimum atomic E-state index is 0.198. The Morgan fingerprint density at radius 2 is 2.12 bits per heavy atom. The number of piperidine rings is 1. The Morgan fingerprint density at radius 3 is 2.69 bits per heavy atom. The average molecular weight is 224 g/mol. The Labute approximate surface area is 96.3 Å². The van der Waals surface area contributed by atoms with E-state index >= 15 is 0 Å². The van der Waals surface area contributed by atoms with Gasteiger partial charge in [0.15, 0.2) is 0 Å². The average Bonchev–Trinajstić information content (AvgIpc) is 2.81. The number of hydrogen-bond donors (Lipinski definition) is 1. The molecule has 1 N–H and O–H groups in total. The molecule has 2 rings (SSSR count). The lowest BCUT2D eigenvalue weighted by molar-refractivity contribution is -0.136. The maximum absolute atomic E-state index is 12.2. The third-order valence-corrected chi connectivity index (χ3v) is 3.85. The van der Waals surface area contributed by atoms with Crippen molar-refractivity contribution in [3.8, 4) is 0 Å². The molecule has 16 heavy (non-hydrogen) atoms. The van der Waals surface area contributed by atoms with Gasteiger partial charge in [-0.1, -0.05) is 24.9 Å². The van der Waals surface area contributed by atoms with Crippen LogP contribution in [0.5, 0.6) is 0 Å². The summed E-state index contributed by atoms with van der Waals surface area (Å²) in [6, 6.07) is 0. The van der Waals surface area contributed by atoms with E-state index in [1.54, 1.807) is 0 Å². The zero-order valence-electron chi connectivity index (χ0n) is 9.85. The molecule has 1 saturated carbocycles. The molecule has 2 fully saturated rings. The van der Waals surface area contributed by atoms with Crippen LogP contribution in [-0.2, 0) is 4.79 Å². The second-order valence-corrected chi connectivity index (χ2v) is 5.01. The summed E-state index contributed by atoms with van der Waals surface area (Å²) >= 11 is 0. The lowest BCUT2D eigenvalue weighted by atomic mass is 9.96. The van der Waals surface area contributed by atoms with Crippen LogP contribution >= 0.6 is 0 Å². The van der Waals surface area contributed by atoms with Gasteiger partial charge in [0.1, 0.15) is 0 Å². The Morgan fingerprint density at radius 1 is 1.44 bits per heavy atom. The van der Waals surface area contributed by atoms with E-state index in [0.29, 0.717) is 12.5 Å². The summed E-state index contributed by atoms with van der Waals surface area (Å²) in [5.74, 6) is 0.783. The molecule has 2 aliphatic rings. The highest BCUT2D eigenvalue weighted by Gasteiger charge is 2.31. The fourth-order valence-corrected chi connectivity index (χ4v) is 2.80. The molecule has 1 aliphatic carbocycles. The number of carbonyl (C=O) groups excluding carboxylic acids is 1. The van der Waals surface area contributed by atoms with Crippen molar-refractivity contribution in [2.45, 2.75) is 39.0 Å². The van der Waals surface area contributed by atoms with Crippen molar-refractivity contribution in [1.29, 1.82) is 0 Å². The van der Waals surface area contributed by atoms with Gasteiger partial charge in [-0.25, -0.2) is 0 Å². The maximum Gasteiger partial charge on any atom is 0.225 e. The number of nitrogens with zero attached hydrogens (tertiary/aromatic N) is 2. The second kappa shape index (κ2) is 4.85. The summed E-state index contributed by atoms with van der Waals surface area (Å²) in [6.07, 6.45) is 5.23. The van der Waals surface area contributed by atoms with E-state index in [4.69, 9.17) is 5.21 Å². The molecule has 0 aromatic rings. The summed E-state index contributed by atoms with van der Waals surface area (Å²) in [5, 5.41) is 12.1. The summed E-state index contributed by atoms with van der Waals surface area (Å²) in [4.78, 5) is 14.1. The van der Waals surface area contributed by atoms with Gasteiger partial charge in [-0.2, -0.15) is 0 Å². The van der Waals surface area contributed by atoms with Crippen molar-refractivity contribution >= 4 is 11.6 Å². The van der Waals surface area contributed by atoms with Gasteiger partial charge in [-0.05, 0) is 12.8 Å². The fraction of sp³-hybridized carbons (Fsp3) is 0.833. The summed E-state index contributed by atoms with van der Waals surface area (Å²) in [5.41, 5.74) is 0.829. The van der Waals surface area contributed by atoms with Crippen molar-refractivity contribution in [1.82, 2.24) is 4.90 Å². The summed E-state index contributed by atoms with van der Waals surface area (Å²) < 4.78 is 0. The number of amides is 1. The van der Waals surface area contributed by atoms with Crippen LogP contribution in [0.15, 0.2) is 5.16 Å². The molecule has 4 nitrogen and oxygen atoms in total. The van der Waals surface area contributed by atoms with Crippen LogP contribution in [0, 0.1) is 11.8 Å². The van der Waals surface area contributed by atoms with E-state index < -0.39 is 0 Å². The molecule has 0 radical (unpaired) electrons. The summed E-state index contributed by atoms with van der Waals surface area (Å²) in [7, 11) is 0. The Kier molecular flexibility index (Phi) is 3.46. The van der Waals surface area contributed by atoms with Crippen LogP contribution in [0.4, 0.5) is 0 Å². The SMILES string of the molecule is CC1CN(C(=O)C2CCCC2)CCC1=NO. The highest BCUT2D eigenvalue weighted by Crippen LogP contribution is 2.28. The minimum Gasteiger partial charge on any atom is -0.411 e. The van der Waals surface area contributed by atoms with Gasteiger partial charge in [0.2, 0.25) is 5.91 Å². The first kappa shape index (κ1) is 11.4. The molecular formula is C12H20N2O2. The third-order valence-electron chi connectivity index (χ3n) is 3.85. The summed E-state index contributed by atoms with van der Waals surface area (Å²) in [6.45, 7) is 3.46. The van der Waals surface area contributed by atoms with Gasteiger partial charge in [0.25, 0.3) is 0 Å². The van der Waals surface area contributed by atoms with Gasteiger partial charge in [-0.3, -0.25) is 4.79 Å². The van der Waals surface area contributed by atoms with E-state index in [9.17, 15) is 4.79 Å². The number of oxime groups is 1. The predicted octanol–water partition coefficient (Wildman–Crippen LogP) is 1.88. The van der Waals surface area contributed by atoms with Gasteiger partial charge in [0, 0.05) is 31.3 Å². The van der Waals surface area contributed by atoms with E-state index in [2.05, 4.69) is 5.16 Å². The Hall–Kier alpha value is -1.06. The number of rotatable bonds is 1. The van der Waals surface area contributed by atoms with Crippen LogP contribution < -0.4 is 0 Å². The molecule has 1 unspecified atom stereocenters. The smallest absolute Gasteiger partial charge is 0.225 e. The topological polar surface area (TPSA) is 52.9 Å². The van der Waals surface area contributed by atoms with E-state index in [1.165, 1.54) is 12.8 Å². The van der Waals surface area contributed by atoms with E-state index in [-0.39, 0.29) is 11.8 Å². The van der Waals surface area contributed by atoms with Crippen molar-refractivity contribution in [2.24, 2.45) is 17.0 Å². The first-order chi connectivity index (χ1) is 7.72. The molecule has 0 aromatic heterocycles.